The number of hydrogen-bond acceptors (Lipinski definition) is 4. The molecule has 2 N–H and O–H groups in total. The predicted octanol–water partition coefficient (Wildman–Crippen LogP) is 3.33. The molecule has 0 unspecified atom stereocenters. The van der Waals surface area contributed by atoms with Crippen molar-refractivity contribution in [3.8, 4) is 0 Å². The first-order valence-electron chi connectivity index (χ1n) is 9.30. The highest BCUT2D eigenvalue weighted by molar-refractivity contribution is 5.91. The van der Waals surface area contributed by atoms with Crippen LogP contribution in [0.2, 0.25) is 0 Å². The molecule has 1 heterocycles. The predicted molar refractivity (Wildman–Crippen MR) is 109 cm³/mol. The summed E-state index contributed by atoms with van der Waals surface area (Å²) in [6.45, 7) is 5.78. The summed E-state index contributed by atoms with van der Waals surface area (Å²) < 4.78 is 37.8. The molecule has 1 amide bonds. The molecule has 0 bridgehead atoms. The van der Waals surface area contributed by atoms with E-state index in [9.17, 15) is 22.8 Å². The van der Waals surface area contributed by atoms with Gasteiger partial charge in [0.1, 0.15) is 0 Å². The van der Waals surface area contributed by atoms with Crippen molar-refractivity contribution in [2.75, 3.05) is 0 Å². The zero-order valence-electron chi connectivity index (χ0n) is 17.0. The minimum absolute atomic E-state index is 0.0612. The number of carbonyl (C=O) groups excluding carboxylic acids is 1. The number of aromatic nitrogens is 3. The number of nitrogens with one attached hydrogen (secondary N) is 2. The summed E-state index contributed by atoms with van der Waals surface area (Å²) in [5, 5.41) is 12.6. The summed E-state index contributed by atoms with van der Waals surface area (Å²) in [7, 11) is 0. The Kier molecular flexibility index (Phi) is 6.09. The van der Waals surface area contributed by atoms with Crippen molar-refractivity contribution in [3.63, 3.8) is 0 Å². The van der Waals surface area contributed by atoms with Crippen LogP contribution >= 0.6 is 0 Å². The number of halogens is 3. The third kappa shape index (κ3) is 5.08. The lowest BCUT2D eigenvalue weighted by atomic mass is 10.0. The quantitative estimate of drug-likeness (QED) is 0.607. The van der Waals surface area contributed by atoms with Gasteiger partial charge in [-0.05, 0) is 49.6 Å². The third-order valence-corrected chi connectivity index (χ3v) is 4.64. The molecule has 162 valence electrons. The van der Waals surface area contributed by atoms with Crippen molar-refractivity contribution in [2.45, 2.75) is 33.5 Å². The van der Waals surface area contributed by atoms with E-state index in [4.69, 9.17) is 0 Å². The summed E-state index contributed by atoms with van der Waals surface area (Å²) in [5.74, 6) is -0.766. The molecule has 0 radical (unpaired) electrons. The van der Waals surface area contributed by atoms with E-state index >= 15 is 0 Å². The van der Waals surface area contributed by atoms with Gasteiger partial charge < -0.3 is 5.32 Å². The third-order valence-electron chi connectivity index (χ3n) is 4.64. The van der Waals surface area contributed by atoms with Crippen LogP contribution in [0, 0.1) is 20.8 Å². The van der Waals surface area contributed by atoms with Crippen molar-refractivity contribution < 1.29 is 18.0 Å². The standard InChI is InChI=1S/C21H20F3N5O2/c1-12-8-13(2)17(14(3)9-12)11-26-29-20(31)18(27-28-29)19(30)25-10-15-4-6-16(7-5-15)21(22,23)24/h4-9,11,28H,10H2,1-3H3,(H,25,30). The van der Waals surface area contributed by atoms with E-state index < -0.39 is 28.9 Å². The number of H-pyrrole nitrogens is 1. The van der Waals surface area contributed by atoms with Crippen LogP contribution in [0.4, 0.5) is 13.2 Å². The van der Waals surface area contributed by atoms with Gasteiger partial charge in [-0.2, -0.15) is 23.5 Å². The molecule has 0 saturated carbocycles. The molecule has 10 heteroatoms. The zero-order valence-corrected chi connectivity index (χ0v) is 17.0. The van der Waals surface area contributed by atoms with Crippen molar-refractivity contribution in [3.05, 3.63) is 85.8 Å². The van der Waals surface area contributed by atoms with Gasteiger partial charge in [0, 0.05) is 12.1 Å². The average molecular weight is 431 g/mol. The molecule has 0 spiro atoms. The summed E-state index contributed by atoms with van der Waals surface area (Å²) in [4.78, 5) is 25.5. The average Bonchev–Trinajstić information content (AvgIpc) is 3.05. The first kappa shape index (κ1) is 22.0. The lowest BCUT2D eigenvalue weighted by molar-refractivity contribution is -0.137. The number of benzene rings is 2. The Morgan fingerprint density at radius 1 is 1.16 bits per heavy atom. The second-order valence-electron chi connectivity index (χ2n) is 7.11. The van der Waals surface area contributed by atoms with Crippen molar-refractivity contribution in [1.29, 1.82) is 0 Å². The molecular formula is C21H20F3N5O2. The highest BCUT2D eigenvalue weighted by Gasteiger charge is 2.29. The van der Waals surface area contributed by atoms with Gasteiger partial charge in [-0.25, -0.2) is 0 Å². The van der Waals surface area contributed by atoms with Crippen molar-refractivity contribution in [1.82, 2.24) is 20.4 Å². The van der Waals surface area contributed by atoms with Gasteiger partial charge >= 0.3 is 11.7 Å². The molecule has 3 aromatic rings. The van der Waals surface area contributed by atoms with Crippen LogP contribution in [-0.4, -0.2) is 27.2 Å². The van der Waals surface area contributed by atoms with Gasteiger partial charge in [0.2, 0.25) is 5.69 Å². The number of aromatic amines is 1. The summed E-state index contributed by atoms with van der Waals surface area (Å²) >= 11 is 0. The highest BCUT2D eigenvalue weighted by atomic mass is 19.4. The number of amides is 1. The fraction of sp³-hybridized carbons (Fsp3) is 0.238. The van der Waals surface area contributed by atoms with Crippen LogP contribution in [-0.2, 0) is 12.7 Å². The van der Waals surface area contributed by atoms with Crippen LogP contribution in [0.1, 0.15) is 43.9 Å². The highest BCUT2D eigenvalue weighted by Crippen LogP contribution is 2.29. The monoisotopic (exact) mass is 431 g/mol. The Labute approximate surface area is 175 Å². The smallest absolute Gasteiger partial charge is 0.346 e. The van der Waals surface area contributed by atoms with E-state index in [0.717, 1.165) is 39.2 Å². The number of alkyl halides is 3. The van der Waals surface area contributed by atoms with Gasteiger partial charge in [0.25, 0.3) is 5.91 Å². The fourth-order valence-corrected chi connectivity index (χ4v) is 3.10. The largest absolute Gasteiger partial charge is 0.416 e. The van der Waals surface area contributed by atoms with Gasteiger partial charge in [0.05, 0.1) is 11.8 Å². The lowest BCUT2D eigenvalue weighted by Gasteiger charge is -2.08. The molecule has 2 aromatic carbocycles. The van der Waals surface area contributed by atoms with Crippen LogP contribution < -0.4 is 10.9 Å². The second-order valence-corrected chi connectivity index (χ2v) is 7.11. The van der Waals surface area contributed by atoms with Crippen molar-refractivity contribution in [2.24, 2.45) is 5.10 Å². The summed E-state index contributed by atoms with van der Waals surface area (Å²) in [5.41, 5.74) is 2.45. The van der Waals surface area contributed by atoms with Gasteiger partial charge in [0.15, 0.2) is 0 Å². The maximum Gasteiger partial charge on any atom is 0.416 e. The van der Waals surface area contributed by atoms with E-state index in [2.05, 4.69) is 20.7 Å². The number of aryl methyl sites for hydroxylation is 3. The normalized spacial score (nSPS) is 11.8. The topological polar surface area (TPSA) is 92.1 Å². The Hall–Kier alpha value is -3.69. The zero-order chi connectivity index (χ0) is 22.8. The van der Waals surface area contributed by atoms with Crippen LogP contribution in [0.5, 0.6) is 0 Å². The van der Waals surface area contributed by atoms with E-state index in [1.165, 1.54) is 18.3 Å². The molecule has 0 aliphatic heterocycles. The lowest BCUT2D eigenvalue weighted by Crippen LogP contribution is -2.29. The number of hydrogen-bond donors (Lipinski definition) is 2. The molecule has 3 rings (SSSR count). The number of nitrogens with zero attached hydrogens (tertiary/aromatic N) is 3. The van der Waals surface area contributed by atoms with Crippen molar-refractivity contribution >= 4 is 12.1 Å². The van der Waals surface area contributed by atoms with Gasteiger partial charge in [-0.1, -0.05) is 29.8 Å². The molecule has 0 atom stereocenters. The SMILES string of the molecule is Cc1cc(C)c(C=Nn2[nH]nc(C(=O)NCc3ccc(C(F)(F)F)cc3)c2=O)c(C)c1. The Morgan fingerprint density at radius 2 is 1.77 bits per heavy atom. The minimum atomic E-state index is -4.43. The van der Waals surface area contributed by atoms with E-state index in [0.29, 0.717) is 5.56 Å². The van der Waals surface area contributed by atoms with Crippen LogP contribution in [0.15, 0.2) is 46.3 Å². The molecule has 31 heavy (non-hydrogen) atoms. The molecule has 0 aliphatic carbocycles. The van der Waals surface area contributed by atoms with Gasteiger partial charge in [-0.15, -0.1) is 9.89 Å². The summed E-state index contributed by atoms with van der Waals surface area (Å²) in [6.07, 6.45) is -2.92. The first-order valence-corrected chi connectivity index (χ1v) is 9.30. The molecule has 0 aliphatic rings. The maximum absolute atomic E-state index is 12.6. The fourth-order valence-electron chi connectivity index (χ4n) is 3.10. The molecule has 1 aromatic heterocycles. The summed E-state index contributed by atoms with van der Waals surface area (Å²) in [6, 6.07) is 8.33. The Bertz CT molecular complexity index is 1170. The molecule has 0 fully saturated rings. The van der Waals surface area contributed by atoms with Crippen LogP contribution in [0.25, 0.3) is 0 Å². The van der Waals surface area contributed by atoms with E-state index in [1.807, 2.05) is 32.9 Å². The maximum atomic E-state index is 12.6. The van der Waals surface area contributed by atoms with E-state index in [-0.39, 0.29) is 6.54 Å². The molecule has 7 nitrogen and oxygen atoms in total. The van der Waals surface area contributed by atoms with E-state index in [1.54, 1.807) is 0 Å². The number of carbonyl (C=O) groups is 1. The molecule has 0 saturated heterocycles. The van der Waals surface area contributed by atoms with Crippen LogP contribution in [0.3, 0.4) is 0 Å². The Balaban J connectivity index is 1.70. The number of rotatable bonds is 5. The second kappa shape index (κ2) is 8.58. The first-order chi connectivity index (χ1) is 14.6. The Morgan fingerprint density at radius 3 is 2.35 bits per heavy atom. The molecular weight excluding hydrogens is 411 g/mol. The van der Waals surface area contributed by atoms with Gasteiger partial charge in [-0.3, -0.25) is 9.59 Å². The minimum Gasteiger partial charge on any atom is -0.346 e.